The van der Waals surface area contributed by atoms with Gasteiger partial charge in [-0.1, -0.05) is 41.9 Å². The fourth-order valence-corrected chi connectivity index (χ4v) is 6.99. The third-order valence-electron chi connectivity index (χ3n) is 6.44. The van der Waals surface area contributed by atoms with E-state index in [2.05, 4.69) is 36.0 Å². The van der Waals surface area contributed by atoms with Gasteiger partial charge in [0, 0.05) is 61.8 Å². The van der Waals surface area contributed by atoms with Crippen LogP contribution in [0.3, 0.4) is 0 Å². The summed E-state index contributed by atoms with van der Waals surface area (Å²) in [5, 5.41) is 18.7. The van der Waals surface area contributed by atoms with Crippen LogP contribution in [-0.2, 0) is 19.8 Å². The summed E-state index contributed by atoms with van der Waals surface area (Å²) in [4.78, 5) is 31.6. The maximum absolute atomic E-state index is 11.5. The van der Waals surface area contributed by atoms with E-state index < -0.39 is 11.9 Å². The molecular weight excluding hydrogens is 530 g/mol. The molecule has 1 heterocycles. The number of hydrogen-bond donors (Lipinski definition) is 3. The van der Waals surface area contributed by atoms with E-state index in [1.165, 1.54) is 18.7 Å². The summed E-state index contributed by atoms with van der Waals surface area (Å²) < 4.78 is 7.77. The molecule has 2 N–H and O–H groups in total. The van der Waals surface area contributed by atoms with Crippen molar-refractivity contribution in [3.05, 3.63) is 35.4 Å². The second-order valence-electron chi connectivity index (χ2n) is 9.02. The fraction of sp³-hybridized carbons (Fsp3) is 0.593. The monoisotopic (exact) mass is 571 g/mol. The van der Waals surface area contributed by atoms with Gasteiger partial charge < -0.3 is 14.9 Å². The van der Waals surface area contributed by atoms with E-state index in [9.17, 15) is 14.7 Å². The van der Waals surface area contributed by atoms with Crippen LogP contribution >= 0.6 is 36.3 Å². The molecule has 10 heteroatoms. The first-order valence-corrected chi connectivity index (χ1v) is 15.2. The number of carboxylic acids is 1. The molecule has 7 nitrogen and oxygen atoms in total. The van der Waals surface area contributed by atoms with Crippen molar-refractivity contribution in [1.82, 2.24) is 4.31 Å². The Morgan fingerprint density at radius 3 is 2.41 bits per heavy atom. The number of benzene rings is 1. The average molecular weight is 572 g/mol. The Labute approximate surface area is 235 Å². The molecule has 0 saturated carbocycles. The number of allylic oxidation sites excluding steroid dienone is 1. The highest BCUT2D eigenvalue weighted by atomic mass is 32.2. The maximum atomic E-state index is 11.5. The Morgan fingerprint density at radius 1 is 1.16 bits per heavy atom. The number of phenols is 1. The molecule has 1 fully saturated rings. The quantitative estimate of drug-likeness (QED) is 0.0924. The number of hydrogen-bond acceptors (Lipinski definition) is 9. The molecule has 3 rings (SSSR count). The van der Waals surface area contributed by atoms with Crippen LogP contribution in [0.4, 0.5) is 0 Å². The van der Waals surface area contributed by atoms with Gasteiger partial charge >= 0.3 is 5.97 Å². The van der Waals surface area contributed by atoms with Gasteiger partial charge in [0.25, 0.3) is 5.97 Å². The largest absolute Gasteiger partial charge is 0.504 e. The van der Waals surface area contributed by atoms with E-state index in [-0.39, 0.29) is 27.9 Å². The number of aromatic hydroxyl groups is 1. The van der Waals surface area contributed by atoms with Gasteiger partial charge in [0.1, 0.15) is 0 Å². The molecule has 37 heavy (non-hydrogen) atoms. The first kappa shape index (κ1) is 33.4. The number of aliphatic carboxylic acids is 1. The Morgan fingerprint density at radius 2 is 1.81 bits per heavy atom. The molecule has 1 aromatic rings. The van der Waals surface area contributed by atoms with Crippen molar-refractivity contribution >= 4 is 53.4 Å². The predicted octanol–water partition coefficient (Wildman–Crippen LogP) is 5.88. The van der Waals surface area contributed by atoms with E-state index in [1.54, 1.807) is 19.2 Å². The minimum Gasteiger partial charge on any atom is -0.504 e. The topological polar surface area (TPSA) is 104 Å². The zero-order chi connectivity index (χ0) is 28.2. The molecule has 0 aromatic heterocycles. The number of thioether (sulfide) groups is 1. The summed E-state index contributed by atoms with van der Waals surface area (Å²) >= 11 is 6.79. The van der Waals surface area contributed by atoms with Gasteiger partial charge in [-0.05, 0) is 57.4 Å². The number of ether oxygens (including phenoxy) is 1. The predicted molar refractivity (Wildman–Crippen MR) is 157 cm³/mol. The minimum atomic E-state index is -0.833. The molecule has 1 aromatic carbocycles. The standard InChI is InChI=1S/C24H33NO4S2.C2H4O2.CH4S/c1-16-9-10-21(29-18(3)26)23(28)22(16)24-11-6-5-8-20(24)17(2)25(13-12-24)31-15-7-14-30-19(4)27;1-2(3)4;1-2/h5,8-10,17,20,28H,6-7,11-15H2,1-4H3;1H3,(H,3,4);2H,1H3. The third-order valence-corrected chi connectivity index (χ3v) is 8.66. The van der Waals surface area contributed by atoms with Crippen molar-refractivity contribution in [2.24, 2.45) is 5.92 Å². The molecule has 0 bridgehead atoms. The summed E-state index contributed by atoms with van der Waals surface area (Å²) in [6.45, 7) is 9.30. The van der Waals surface area contributed by atoms with Gasteiger partial charge in [-0.3, -0.25) is 14.4 Å². The van der Waals surface area contributed by atoms with Gasteiger partial charge in [-0.25, -0.2) is 4.31 Å². The van der Waals surface area contributed by atoms with E-state index in [1.807, 2.05) is 24.9 Å². The number of rotatable bonds is 7. The van der Waals surface area contributed by atoms with Crippen LogP contribution < -0.4 is 4.74 Å². The number of carboxylic acid groups (broad SMARTS) is 1. The Hall–Kier alpha value is -1.62. The fourth-order valence-electron chi connectivity index (χ4n) is 5.14. The number of piperidine rings is 1. The first-order chi connectivity index (χ1) is 17.5. The van der Waals surface area contributed by atoms with Crippen LogP contribution in [0.1, 0.15) is 64.5 Å². The van der Waals surface area contributed by atoms with Gasteiger partial charge in [0.15, 0.2) is 16.6 Å². The van der Waals surface area contributed by atoms with E-state index in [4.69, 9.17) is 14.6 Å². The van der Waals surface area contributed by atoms with Crippen molar-refractivity contribution in [3.8, 4) is 11.5 Å². The lowest BCUT2D eigenvalue weighted by atomic mass is 9.58. The van der Waals surface area contributed by atoms with E-state index in [0.29, 0.717) is 6.04 Å². The number of phenolic OH excluding ortho intramolecular Hbond substituents is 1. The Balaban J connectivity index is 0.00000104. The highest BCUT2D eigenvalue weighted by Crippen LogP contribution is 2.54. The molecule has 2 aliphatic rings. The molecule has 0 radical (unpaired) electrons. The molecule has 1 aliphatic carbocycles. The van der Waals surface area contributed by atoms with Crippen molar-refractivity contribution < 1.29 is 29.3 Å². The minimum absolute atomic E-state index is 0.116. The summed E-state index contributed by atoms with van der Waals surface area (Å²) in [5.74, 6) is 1.25. The zero-order valence-corrected chi connectivity index (χ0v) is 25.2. The van der Waals surface area contributed by atoms with Crippen LogP contribution in [0.25, 0.3) is 0 Å². The summed E-state index contributed by atoms with van der Waals surface area (Å²) in [5.41, 5.74) is 1.82. The zero-order valence-electron chi connectivity index (χ0n) is 22.7. The number of carbonyl (C=O) groups excluding carboxylic acids is 2. The van der Waals surface area contributed by atoms with Gasteiger partial charge in [-0.15, -0.1) is 0 Å². The summed E-state index contributed by atoms with van der Waals surface area (Å²) in [6.07, 6.45) is 10.2. The molecule has 1 saturated heterocycles. The second-order valence-corrected chi connectivity index (χ2v) is 11.4. The van der Waals surface area contributed by atoms with Gasteiger partial charge in [0.05, 0.1) is 0 Å². The number of esters is 1. The molecule has 1 aliphatic heterocycles. The molecule has 0 spiro atoms. The number of thiol groups is 1. The molecule has 0 amide bonds. The Bertz CT molecular complexity index is 950. The van der Waals surface area contributed by atoms with Crippen molar-refractivity contribution in [3.63, 3.8) is 0 Å². The van der Waals surface area contributed by atoms with Crippen LogP contribution in [0.5, 0.6) is 11.5 Å². The highest BCUT2D eigenvalue weighted by Gasteiger charge is 2.49. The molecule has 3 atom stereocenters. The smallest absolute Gasteiger partial charge is 0.308 e. The van der Waals surface area contributed by atoms with E-state index in [0.717, 1.165) is 61.8 Å². The average Bonchev–Trinajstić information content (AvgIpc) is 2.83. The maximum Gasteiger partial charge on any atom is 0.308 e. The molecule has 3 unspecified atom stereocenters. The highest BCUT2D eigenvalue weighted by molar-refractivity contribution is 8.13. The van der Waals surface area contributed by atoms with Crippen LogP contribution in [0.2, 0.25) is 0 Å². The van der Waals surface area contributed by atoms with Gasteiger partial charge in [-0.2, -0.15) is 12.6 Å². The molecular formula is C27H41NO6S3. The lowest BCUT2D eigenvalue weighted by Gasteiger charge is -2.53. The number of fused-ring (bicyclic) bond motifs is 1. The van der Waals surface area contributed by atoms with Crippen molar-refractivity contribution in [1.29, 1.82) is 0 Å². The number of nitrogens with zero attached hydrogens (tertiary/aromatic N) is 1. The summed E-state index contributed by atoms with van der Waals surface area (Å²) in [6, 6.07) is 3.95. The summed E-state index contributed by atoms with van der Waals surface area (Å²) in [7, 11) is 0. The van der Waals surface area contributed by atoms with Crippen LogP contribution in [0.15, 0.2) is 24.3 Å². The van der Waals surface area contributed by atoms with Crippen molar-refractivity contribution in [2.75, 3.05) is 24.3 Å². The van der Waals surface area contributed by atoms with E-state index >= 15 is 0 Å². The second kappa shape index (κ2) is 16.4. The third kappa shape index (κ3) is 9.57. The van der Waals surface area contributed by atoms with Crippen molar-refractivity contribution in [2.45, 2.75) is 71.8 Å². The van der Waals surface area contributed by atoms with Crippen LogP contribution in [0, 0.1) is 12.8 Å². The van der Waals surface area contributed by atoms with Gasteiger partial charge in [0.2, 0.25) is 0 Å². The SMILES string of the molecule is CC(=O)O.CC(=O)Oc1ccc(C)c(C23CCC=CC2C(C)N(SCCCSC(C)=O)CC3)c1O.CS. The lowest BCUT2D eigenvalue weighted by molar-refractivity contribution is -0.134. The lowest BCUT2D eigenvalue weighted by Crippen LogP contribution is -2.53. The number of carbonyl (C=O) groups is 3. The normalized spacial score (nSPS) is 22.5. The number of aryl methyl sites for hydroxylation is 1. The molecule has 208 valence electrons. The van der Waals surface area contributed by atoms with Crippen LogP contribution in [-0.4, -0.2) is 61.9 Å². The first-order valence-electron chi connectivity index (χ1n) is 12.3. The Kier molecular flexibility index (Phi) is 14.8.